The Kier molecular flexibility index (Phi) is 3.26. The second-order valence-corrected chi connectivity index (χ2v) is 3.73. The van der Waals surface area contributed by atoms with E-state index in [-0.39, 0.29) is 6.54 Å². The fourth-order valence-corrected chi connectivity index (χ4v) is 1.72. The van der Waals surface area contributed by atoms with E-state index in [1.54, 1.807) is 0 Å². The van der Waals surface area contributed by atoms with E-state index in [4.69, 9.17) is 5.73 Å². The van der Waals surface area contributed by atoms with Gasteiger partial charge in [0.25, 0.3) is 0 Å². The summed E-state index contributed by atoms with van der Waals surface area (Å²) in [7, 11) is 0. The number of aliphatic hydroxyl groups is 1. The minimum atomic E-state index is -0.554. The molecule has 0 heterocycles. The Morgan fingerprint density at radius 2 is 2.17 bits per heavy atom. The Bertz CT molecular complexity index is 255. The molecular formula is C9H12BrNO. The summed E-state index contributed by atoms with van der Waals surface area (Å²) < 4.78 is 0.977. The van der Waals surface area contributed by atoms with Crippen LogP contribution in [0.1, 0.15) is 17.2 Å². The molecule has 0 aliphatic carbocycles. The van der Waals surface area contributed by atoms with Crippen molar-refractivity contribution in [2.45, 2.75) is 13.0 Å². The van der Waals surface area contributed by atoms with E-state index in [1.807, 2.05) is 25.1 Å². The number of rotatable bonds is 2. The Labute approximate surface area is 80.5 Å². The number of hydrogen-bond donors (Lipinski definition) is 2. The van der Waals surface area contributed by atoms with Crippen LogP contribution in [-0.4, -0.2) is 11.7 Å². The zero-order chi connectivity index (χ0) is 9.14. The minimum absolute atomic E-state index is 0.260. The molecule has 0 aliphatic rings. The van der Waals surface area contributed by atoms with Crippen molar-refractivity contribution in [2.24, 2.45) is 5.73 Å². The maximum Gasteiger partial charge on any atom is 0.0912 e. The van der Waals surface area contributed by atoms with Crippen LogP contribution in [0.25, 0.3) is 0 Å². The summed E-state index contributed by atoms with van der Waals surface area (Å²) >= 11 is 3.36. The molecule has 1 atom stereocenters. The van der Waals surface area contributed by atoms with E-state index >= 15 is 0 Å². The molecule has 0 amide bonds. The zero-order valence-corrected chi connectivity index (χ0v) is 8.51. The van der Waals surface area contributed by atoms with E-state index in [0.717, 1.165) is 15.6 Å². The van der Waals surface area contributed by atoms with Crippen molar-refractivity contribution < 1.29 is 5.11 Å². The standard InChI is InChI=1S/C9H12BrNO/c1-6-2-7(9(12)5-11)4-8(10)3-6/h2-4,9,12H,5,11H2,1H3/t9-/m0/s1. The molecule has 1 rings (SSSR count). The van der Waals surface area contributed by atoms with Crippen molar-refractivity contribution in [1.29, 1.82) is 0 Å². The molecule has 3 N–H and O–H groups in total. The lowest BCUT2D eigenvalue weighted by atomic mass is 10.1. The van der Waals surface area contributed by atoms with E-state index in [1.165, 1.54) is 0 Å². The molecule has 0 saturated heterocycles. The Morgan fingerprint density at radius 1 is 1.50 bits per heavy atom. The van der Waals surface area contributed by atoms with Crippen LogP contribution in [0.2, 0.25) is 0 Å². The molecule has 2 nitrogen and oxygen atoms in total. The maximum absolute atomic E-state index is 9.43. The third kappa shape index (κ3) is 2.30. The predicted octanol–water partition coefficient (Wildman–Crippen LogP) is 1.75. The number of aryl methyl sites for hydroxylation is 1. The third-order valence-corrected chi connectivity index (χ3v) is 2.13. The first kappa shape index (κ1) is 9.71. The van der Waals surface area contributed by atoms with Crippen LogP contribution in [0.5, 0.6) is 0 Å². The summed E-state index contributed by atoms with van der Waals surface area (Å²) in [5.74, 6) is 0. The van der Waals surface area contributed by atoms with Gasteiger partial charge >= 0.3 is 0 Å². The fraction of sp³-hybridized carbons (Fsp3) is 0.333. The number of nitrogens with two attached hydrogens (primary N) is 1. The summed E-state index contributed by atoms with van der Waals surface area (Å²) in [6, 6.07) is 5.81. The topological polar surface area (TPSA) is 46.2 Å². The molecule has 0 aliphatic heterocycles. The van der Waals surface area contributed by atoms with Gasteiger partial charge in [-0.25, -0.2) is 0 Å². The van der Waals surface area contributed by atoms with E-state index < -0.39 is 6.10 Å². The largest absolute Gasteiger partial charge is 0.387 e. The van der Waals surface area contributed by atoms with Gasteiger partial charge in [-0.3, -0.25) is 0 Å². The number of hydrogen-bond acceptors (Lipinski definition) is 2. The molecule has 12 heavy (non-hydrogen) atoms. The van der Waals surface area contributed by atoms with Crippen molar-refractivity contribution in [3.63, 3.8) is 0 Å². The Morgan fingerprint density at radius 3 is 2.67 bits per heavy atom. The zero-order valence-electron chi connectivity index (χ0n) is 6.92. The molecule has 0 radical (unpaired) electrons. The van der Waals surface area contributed by atoms with Gasteiger partial charge in [-0.1, -0.05) is 22.0 Å². The average molecular weight is 230 g/mol. The lowest BCUT2D eigenvalue weighted by Gasteiger charge is -2.09. The van der Waals surface area contributed by atoms with Gasteiger partial charge in [0.05, 0.1) is 6.10 Å². The molecule has 0 saturated carbocycles. The normalized spacial score (nSPS) is 13.0. The van der Waals surface area contributed by atoms with Gasteiger partial charge in [0, 0.05) is 11.0 Å². The van der Waals surface area contributed by atoms with E-state index in [9.17, 15) is 5.11 Å². The molecular weight excluding hydrogens is 218 g/mol. The second-order valence-electron chi connectivity index (χ2n) is 2.81. The minimum Gasteiger partial charge on any atom is -0.387 e. The predicted molar refractivity (Wildman–Crippen MR) is 52.9 cm³/mol. The SMILES string of the molecule is Cc1cc(Br)cc([C@@H](O)CN)c1. The summed E-state index contributed by atoms with van der Waals surface area (Å²) in [5, 5.41) is 9.43. The van der Waals surface area contributed by atoms with Crippen LogP contribution in [0.15, 0.2) is 22.7 Å². The molecule has 0 unspecified atom stereocenters. The number of halogens is 1. The highest BCUT2D eigenvalue weighted by Gasteiger charge is 2.05. The lowest BCUT2D eigenvalue weighted by molar-refractivity contribution is 0.186. The number of aliphatic hydroxyl groups excluding tert-OH is 1. The molecule has 0 fully saturated rings. The molecule has 66 valence electrons. The van der Waals surface area contributed by atoms with Crippen LogP contribution < -0.4 is 5.73 Å². The first-order valence-corrected chi connectivity index (χ1v) is 4.58. The van der Waals surface area contributed by atoms with Gasteiger partial charge in [0.15, 0.2) is 0 Å². The van der Waals surface area contributed by atoms with Gasteiger partial charge in [-0.05, 0) is 30.2 Å². The molecule has 1 aromatic rings. The smallest absolute Gasteiger partial charge is 0.0912 e. The van der Waals surface area contributed by atoms with Crippen LogP contribution >= 0.6 is 15.9 Å². The van der Waals surface area contributed by atoms with Gasteiger partial charge < -0.3 is 10.8 Å². The van der Waals surface area contributed by atoms with Crippen LogP contribution in [-0.2, 0) is 0 Å². The average Bonchev–Trinajstić information content (AvgIpc) is 2.01. The highest BCUT2D eigenvalue weighted by atomic mass is 79.9. The Balaban J connectivity index is 3.00. The molecule has 3 heteroatoms. The van der Waals surface area contributed by atoms with E-state index in [0.29, 0.717) is 0 Å². The highest BCUT2D eigenvalue weighted by Crippen LogP contribution is 2.19. The van der Waals surface area contributed by atoms with Gasteiger partial charge in [-0.2, -0.15) is 0 Å². The van der Waals surface area contributed by atoms with Crippen LogP contribution in [0.4, 0.5) is 0 Å². The Hall–Kier alpha value is -0.380. The van der Waals surface area contributed by atoms with Gasteiger partial charge in [-0.15, -0.1) is 0 Å². The second kappa shape index (κ2) is 4.03. The fourth-order valence-electron chi connectivity index (χ4n) is 1.09. The maximum atomic E-state index is 9.43. The van der Waals surface area contributed by atoms with Crippen molar-refractivity contribution in [3.8, 4) is 0 Å². The van der Waals surface area contributed by atoms with Crippen LogP contribution in [0, 0.1) is 6.92 Å². The van der Waals surface area contributed by atoms with Crippen LogP contribution in [0.3, 0.4) is 0 Å². The highest BCUT2D eigenvalue weighted by molar-refractivity contribution is 9.10. The summed E-state index contributed by atoms with van der Waals surface area (Å²) in [4.78, 5) is 0. The van der Waals surface area contributed by atoms with Crippen molar-refractivity contribution in [3.05, 3.63) is 33.8 Å². The van der Waals surface area contributed by atoms with E-state index in [2.05, 4.69) is 15.9 Å². The van der Waals surface area contributed by atoms with Crippen molar-refractivity contribution in [2.75, 3.05) is 6.54 Å². The molecule has 0 aromatic heterocycles. The first-order chi connectivity index (χ1) is 5.63. The number of benzene rings is 1. The van der Waals surface area contributed by atoms with Gasteiger partial charge in [0.2, 0.25) is 0 Å². The summed E-state index contributed by atoms with van der Waals surface area (Å²) in [5.41, 5.74) is 7.32. The monoisotopic (exact) mass is 229 g/mol. The summed E-state index contributed by atoms with van der Waals surface area (Å²) in [6.07, 6.45) is -0.554. The molecule has 0 spiro atoms. The first-order valence-electron chi connectivity index (χ1n) is 3.78. The third-order valence-electron chi connectivity index (χ3n) is 1.67. The summed E-state index contributed by atoms with van der Waals surface area (Å²) in [6.45, 7) is 2.24. The lowest BCUT2D eigenvalue weighted by Crippen LogP contribution is -2.11. The molecule has 1 aromatic carbocycles. The quantitative estimate of drug-likeness (QED) is 0.812. The van der Waals surface area contributed by atoms with Crippen molar-refractivity contribution >= 4 is 15.9 Å². The molecule has 0 bridgehead atoms. The van der Waals surface area contributed by atoms with Crippen molar-refractivity contribution in [1.82, 2.24) is 0 Å². The van der Waals surface area contributed by atoms with Gasteiger partial charge in [0.1, 0.15) is 0 Å².